The van der Waals surface area contributed by atoms with Gasteiger partial charge in [-0.25, -0.2) is 9.37 Å². The maximum atomic E-state index is 14.4. The van der Waals surface area contributed by atoms with E-state index in [9.17, 15) is 4.39 Å². The lowest BCUT2D eigenvalue weighted by atomic mass is 10.0. The Labute approximate surface area is 133 Å². The monoisotopic (exact) mass is 311 g/mol. The van der Waals surface area contributed by atoms with Gasteiger partial charge in [0.15, 0.2) is 0 Å². The van der Waals surface area contributed by atoms with E-state index >= 15 is 0 Å². The van der Waals surface area contributed by atoms with Gasteiger partial charge < -0.3 is 4.90 Å². The van der Waals surface area contributed by atoms with Crippen LogP contribution in [0.4, 0.5) is 10.2 Å². The van der Waals surface area contributed by atoms with Gasteiger partial charge in [-0.15, -0.1) is 0 Å². The van der Waals surface area contributed by atoms with E-state index in [1.807, 2.05) is 13.0 Å². The standard InChI is InChI=1S/C17H18FN5/c1-12-15(13-7-3-4-8-14(13)18)16(22-9-5-2-6-10-22)23-17(21-12)19-11-20-23/h3-4,7-8,11H,2,5-6,9-10H2,1H3. The highest BCUT2D eigenvalue weighted by molar-refractivity contribution is 5.80. The fourth-order valence-electron chi connectivity index (χ4n) is 3.31. The van der Waals surface area contributed by atoms with E-state index in [-0.39, 0.29) is 5.82 Å². The number of aryl methyl sites for hydroxylation is 1. The van der Waals surface area contributed by atoms with E-state index in [4.69, 9.17) is 0 Å². The zero-order valence-electron chi connectivity index (χ0n) is 13.0. The van der Waals surface area contributed by atoms with Crippen LogP contribution in [0.5, 0.6) is 0 Å². The van der Waals surface area contributed by atoms with Crippen molar-refractivity contribution in [2.45, 2.75) is 26.2 Å². The molecule has 0 amide bonds. The molecule has 1 fully saturated rings. The number of anilines is 1. The van der Waals surface area contributed by atoms with Crippen LogP contribution < -0.4 is 4.90 Å². The van der Waals surface area contributed by atoms with Gasteiger partial charge in [0.2, 0.25) is 0 Å². The normalized spacial score (nSPS) is 15.3. The number of piperidine rings is 1. The van der Waals surface area contributed by atoms with E-state index in [0.717, 1.165) is 43.0 Å². The third kappa shape index (κ3) is 2.34. The Hall–Kier alpha value is -2.50. The molecule has 0 spiro atoms. The van der Waals surface area contributed by atoms with Crippen molar-refractivity contribution in [2.24, 2.45) is 0 Å². The fraction of sp³-hybridized carbons (Fsp3) is 0.353. The zero-order chi connectivity index (χ0) is 15.8. The van der Waals surface area contributed by atoms with E-state index in [2.05, 4.69) is 20.0 Å². The van der Waals surface area contributed by atoms with Crippen LogP contribution in [0.15, 0.2) is 30.6 Å². The van der Waals surface area contributed by atoms with Crippen LogP contribution in [0, 0.1) is 12.7 Å². The molecular formula is C17H18FN5. The van der Waals surface area contributed by atoms with Gasteiger partial charge >= 0.3 is 0 Å². The third-order valence-corrected chi connectivity index (χ3v) is 4.38. The topological polar surface area (TPSA) is 46.3 Å². The molecule has 1 aromatic carbocycles. The SMILES string of the molecule is Cc1nc2ncnn2c(N2CCCCC2)c1-c1ccccc1F. The molecule has 1 aliphatic rings. The van der Waals surface area contributed by atoms with Gasteiger partial charge in [0, 0.05) is 24.2 Å². The van der Waals surface area contributed by atoms with Gasteiger partial charge in [-0.05, 0) is 32.3 Å². The number of hydrogen-bond donors (Lipinski definition) is 0. The molecule has 3 aromatic rings. The molecule has 5 nitrogen and oxygen atoms in total. The molecule has 0 aliphatic carbocycles. The van der Waals surface area contributed by atoms with Crippen molar-refractivity contribution in [3.8, 4) is 11.1 Å². The lowest BCUT2D eigenvalue weighted by Gasteiger charge is -2.31. The van der Waals surface area contributed by atoms with Gasteiger partial charge in [0.25, 0.3) is 5.78 Å². The lowest BCUT2D eigenvalue weighted by molar-refractivity contribution is 0.568. The minimum absolute atomic E-state index is 0.241. The predicted molar refractivity (Wildman–Crippen MR) is 87.0 cm³/mol. The Balaban J connectivity index is 2.02. The summed E-state index contributed by atoms with van der Waals surface area (Å²) in [5.41, 5.74) is 2.15. The number of benzene rings is 1. The smallest absolute Gasteiger partial charge is 0.254 e. The molecule has 23 heavy (non-hydrogen) atoms. The Kier molecular flexibility index (Phi) is 3.44. The average molecular weight is 311 g/mol. The van der Waals surface area contributed by atoms with Gasteiger partial charge in [-0.2, -0.15) is 14.6 Å². The predicted octanol–water partition coefficient (Wildman–Crippen LogP) is 3.23. The van der Waals surface area contributed by atoms with E-state index in [0.29, 0.717) is 11.3 Å². The van der Waals surface area contributed by atoms with Crippen molar-refractivity contribution < 1.29 is 4.39 Å². The molecule has 0 unspecified atom stereocenters. The molecule has 0 N–H and O–H groups in total. The second-order valence-corrected chi connectivity index (χ2v) is 5.90. The molecule has 1 aliphatic heterocycles. The highest BCUT2D eigenvalue weighted by atomic mass is 19.1. The largest absolute Gasteiger partial charge is 0.356 e. The summed E-state index contributed by atoms with van der Waals surface area (Å²) in [6.45, 7) is 3.80. The van der Waals surface area contributed by atoms with Crippen molar-refractivity contribution in [1.29, 1.82) is 0 Å². The van der Waals surface area contributed by atoms with Crippen molar-refractivity contribution in [1.82, 2.24) is 19.6 Å². The first-order valence-electron chi connectivity index (χ1n) is 7.96. The number of rotatable bonds is 2. The molecule has 4 rings (SSSR count). The molecule has 0 radical (unpaired) electrons. The summed E-state index contributed by atoms with van der Waals surface area (Å²) >= 11 is 0. The summed E-state index contributed by atoms with van der Waals surface area (Å²) < 4.78 is 16.2. The zero-order valence-corrected chi connectivity index (χ0v) is 13.0. The Morgan fingerprint density at radius 1 is 1.09 bits per heavy atom. The summed E-state index contributed by atoms with van der Waals surface area (Å²) in [4.78, 5) is 11.0. The quantitative estimate of drug-likeness (QED) is 0.729. The van der Waals surface area contributed by atoms with Gasteiger partial charge in [0.05, 0.1) is 5.69 Å². The van der Waals surface area contributed by atoms with Crippen LogP contribution in [-0.2, 0) is 0 Å². The minimum Gasteiger partial charge on any atom is -0.356 e. The average Bonchev–Trinajstić information content (AvgIpc) is 3.03. The first-order chi connectivity index (χ1) is 11.3. The highest BCUT2D eigenvalue weighted by Gasteiger charge is 2.24. The Morgan fingerprint density at radius 2 is 1.87 bits per heavy atom. The molecule has 3 heterocycles. The minimum atomic E-state index is -0.241. The van der Waals surface area contributed by atoms with Crippen LogP contribution in [0.25, 0.3) is 16.9 Å². The van der Waals surface area contributed by atoms with Gasteiger partial charge in [-0.1, -0.05) is 18.2 Å². The first kappa shape index (κ1) is 14.1. The van der Waals surface area contributed by atoms with Gasteiger partial charge in [0.1, 0.15) is 18.0 Å². The van der Waals surface area contributed by atoms with Crippen molar-refractivity contribution >= 4 is 11.6 Å². The van der Waals surface area contributed by atoms with E-state index < -0.39 is 0 Å². The second-order valence-electron chi connectivity index (χ2n) is 5.90. The Bertz CT molecular complexity index is 851. The molecule has 6 heteroatoms. The Morgan fingerprint density at radius 3 is 2.65 bits per heavy atom. The molecule has 1 saturated heterocycles. The van der Waals surface area contributed by atoms with Crippen LogP contribution in [0.2, 0.25) is 0 Å². The van der Waals surface area contributed by atoms with Crippen molar-refractivity contribution in [2.75, 3.05) is 18.0 Å². The van der Waals surface area contributed by atoms with E-state index in [1.54, 1.807) is 16.6 Å². The van der Waals surface area contributed by atoms with Crippen LogP contribution in [0.1, 0.15) is 25.0 Å². The molecule has 118 valence electrons. The summed E-state index contributed by atoms with van der Waals surface area (Å²) in [7, 11) is 0. The van der Waals surface area contributed by atoms with Crippen LogP contribution in [0.3, 0.4) is 0 Å². The molecule has 0 saturated carbocycles. The van der Waals surface area contributed by atoms with E-state index in [1.165, 1.54) is 18.8 Å². The summed E-state index contributed by atoms with van der Waals surface area (Å²) in [5, 5.41) is 4.33. The lowest BCUT2D eigenvalue weighted by Crippen LogP contribution is -2.32. The van der Waals surface area contributed by atoms with Crippen LogP contribution in [-0.4, -0.2) is 32.7 Å². The number of fused-ring (bicyclic) bond motifs is 1. The van der Waals surface area contributed by atoms with Crippen LogP contribution >= 0.6 is 0 Å². The fourth-order valence-corrected chi connectivity index (χ4v) is 3.31. The molecule has 2 aromatic heterocycles. The number of aromatic nitrogens is 4. The third-order valence-electron chi connectivity index (χ3n) is 4.38. The molecule has 0 bridgehead atoms. The first-order valence-corrected chi connectivity index (χ1v) is 7.96. The highest BCUT2D eigenvalue weighted by Crippen LogP contribution is 2.35. The summed E-state index contributed by atoms with van der Waals surface area (Å²) in [5.74, 6) is 1.22. The number of hydrogen-bond acceptors (Lipinski definition) is 4. The second kappa shape index (κ2) is 5.61. The molecule has 0 atom stereocenters. The number of halogens is 1. The van der Waals surface area contributed by atoms with Crippen molar-refractivity contribution in [3.63, 3.8) is 0 Å². The number of nitrogens with zero attached hydrogens (tertiary/aromatic N) is 5. The maximum Gasteiger partial charge on any atom is 0.254 e. The maximum absolute atomic E-state index is 14.4. The summed E-state index contributed by atoms with van der Waals surface area (Å²) in [6.07, 6.45) is 5.00. The molecular weight excluding hydrogens is 293 g/mol. The van der Waals surface area contributed by atoms with Crippen molar-refractivity contribution in [3.05, 3.63) is 42.1 Å². The summed E-state index contributed by atoms with van der Waals surface area (Å²) in [6, 6.07) is 6.84. The van der Waals surface area contributed by atoms with Gasteiger partial charge in [-0.3, -0.25) is 0 Å².